The molecule has 9 nitrogen and oxygen atoms in total. The van der Waals surface area contributed by atoms with Crippen LogP contribution in [-0.4, -0.2) is 68.0 Å². The number of aromatic nitrogens is 3. The Morgan fingerprint density at radius 2 is 1.95 bits per heavy atom. The van der Waals surface area contributed by atoms with Crippen LogP contribution in [0.1, 0.15) is 68.7 Å². The van der Waals surface area contributed by atoms with Gasteiger partial charge in [0.25, 0.3) is 11.8 Å². The molecule has 0 aliphatic carbocycles. The predicted octanol–water partition coefficient (Wildman–Crippen LogP) is 4.34. The van der Waals surface area contributed by atoms with Crippen molar-refractivity contribution >= 4 is 23.2 Å². The minimum atomic E-state index is -0.775. The normalized spacial score (nSPS) is 19.7. The van der Waals surface area contributed by atoms with Gasteiger partial charge >= 0.3 is 0 Å². The van der Waals surface area contributed by atoms with Crippen LogP contribution in [0.2, 0.25) is 0 Å². The minimum Gasteiger partial charge on any atom is -0.389 e. The van der Waals surface area contributed by atoms with Crippen molar-refractivity contribution in [2.24, 2.45) is 0 Å². The number of likely N-dealkylation sites (tertiary alicyclic amines) is 1. The van der Waals surface area contributed by atoms with Crippen LogP contribution in [0.25, 0.3) is 11.3 Å². The lowest BCUT2D eigenvalue weighted by Gasteiger charge is -2.29. The zero-order valence-corrected chi connectivity index (χ0v) is 25.0. The van der Waals surface area contributed by atoms with Crippen LogP contribution >= 0.6 is 11.3 Å². The Hall–Kier alpha value is -3.99. The fourth-order valence-electron chi connectivity index (χ4n) is 6.10. The Labute approximate surface area is 255 Å². The maximum Gasteiger partial charge on any atom is 0.254 e. The average Bonchev–Trinajstić information content (AvgIpc) is 3.83. The van der Waals surface area contributed by atoms with Gasteiger partial charge in [0.1, 0.15) is 5.01 Å². The summed E-state index contributed by atoms with van der Waals surface area (Å²) in [4.78, 5) is 43.1. The number of nitrogens with zero attached hydrogens (tertiary/aromatic N) is 4. The molecule has 2 amide bonds. The summed E-state index contributed by atoms with van der Waals surface area (Å²) in [5.74, 6) is -0.502. The van der Waals surface area contributed by atoms with Crippen molar-refractivity contribution in [3.63, 3.8) is 0 Å². The Bertz CT molecular complexity index is 1560. The van der Waals surface area contributed by atoms with Crippen molar-refractivity contribution in [2.45, 2.75) is 63.3 Å². The van der Waals surface area contributed by atoms with Gasteiger partial charge in [0.2, 0.25) is 0 Å². The van der Waals surface area contributed by atoms with E-state index in [1.807, 2.05) is 47.5 Å². The molecule has 4 aromatic rings. The number of aliphatic hydroxyl groups is 1. The lowest BCUT2D eigenvalue weighted by Crippen LogP contribution is -2.52. The van der Waals surface area contributed by atoms with E-state index in [4.69, 9.17) is 0 Å². The van der Waals surface area contributed by atoms with Gasteiger partial charge in [0.15, 0.2) is 0 Å². The van der Waals surface area contributed by atoms with E-state index >= 15 is 0 Å². The van der Waals surface area contributed by atoms with Crippen LogP contribution in [0.15, 0.2) is 72.5 Å². The van der Waals surface area contributed by atoms with Crippen molar-refractivity contribution in [1.82, 2.24) is 30.5 Å². The monoisotopic (exact) mass is 596 g/mol. The molecule has 43 heavy (non-hydrogen) atoms. The predicted molar refractivity (Wildman–Crippen MR) is 166 cm³/mol. The van der Waals surface area contributed by atoms with Crippen LogP contribution in [-0.2, 0) is 6.42 Å². The van der Waals surface area contributed by atoms with E-state index < -0.39 is 12.1 Å². The highest BCUT2D eigenvalue weighted by atomic mass is 32.1. The van der Waals surface area contributed by atoms with E-state index in [1.54, 1.807) is 48.1 Å². The molecule has 4 atom stereocenters. The third-order valence-corrected chi connectivity index (χ3v) is 9.34. The van der Waals surface area contributed by atoms with Gasteiger partial charge in [-0.2, -0.15) is 0 Å². The lowest BCUT2D eigenvalue weighted by molar-refractivity contribution is 0.0733. The fourth-order valence-corrected chi connectivity index (χ4v) is 7.04. The number of aliphatic hydroxyl groups excluding tert-OH is 1. The van der Waals surface area contributed by atoms with Crippen LogP contribution in [0.5, 0.6) is 0 Å². The first-order valence-corrected chi connectivity index (χ1v) is 15.7. The van der Waals surface area contributed by atoms with Crippen molar-refractivity contribution in [3.05, 3.63) is 99.9 Å². The van der Waals surface area contributed by atoms with Gasteiger partial charge in [-0.05, 0) is 69.3 Å². The van der Waals surface area contributed by atoms with Crippen molar-refractivity contribution < 1.29 is 14.7 Å². The molecule has 0 spiro atoms. The Balaban J connectivity index is 1.32. The smallest absolute Gasteiger partial charge is 0.254 e. The second-order valence-electron chi connectivity index (χ2n) is 11.3. The van der Waals surface area contributed by atoms with Gasteiger partial charge in [-0.1, -0.05) is 30.3 Å². The van der Waals surface area contributed by atoms with E-state index in [0.29, 0.717) is 35.3 Å². The molecule has 0 unspecified atom stereocenters. The highest BCUT2D eigenvalue weighted by Crippen LogP contribution is 2.35. The molecule has 2 aliphatic heterocycles. The van der Waals surface area contributed by atoms with Gasteiger partial charge in [-0.3, -0.25) is 19.6 Å². The van der Waals surface area contributed by atoms with Gasteiger partial charge in [-0.15, -0.1) is 11.3 Å². The first kappa shape index (κ1) is 29.1. The van der Waals surface area contributed by atoms with Crippen LogP contribution in [0, 0.1) is 6.92 Å². The summed E-state index contributed by atoms with van der Waals surface area (Å²) >= 11 is 1.58. The number of aryl methyl sites for hydroxylation is 1. The van der Waals surface area contributed by atoms with E-state index in [1.165, 1.54) is 0 Å². The molecule has 0 saturated carbocycles. The molecule has 10 heteroatoms. The first-order valence-electron chi connectivity index (χ1n) is 14.9. The number of hydrogen-bond acceptors (Lipinski definition) is 8. The molecule has 2 fully saturated rings. The standard InChI is InChI=1S/C33H36N6O3S/c1-21-20-43-32(37-21)29-10-6-14-39(29)33(42)25-17-23(28-19-34-12-13-36-28)16-24(18-25)31(41)38-27(15-22-7-3-2-4-8-22)30(40)26-9-5-11-35-26/h2-4,7-8,12-13,16-20,26-27,29-30,35,40H,5-6,9-11,14-15H2,1H3,(H,38,41)/t26-,27+,29-,30-/m1/s1. The summed E-state index contributed by atoms with van der Waals surface area (Å²) in [6, 6.07) is 14.3. The summed E-state index contributed by atoms with van der Waals surface area (Å²) < 4.78 is 0. The molecule has 3 N–H and O–H groups in total. The maximum atomic E-state index is 14.0. The first-order chi connectivity index (χ1) is 21.0. The number of rotatable bonds is 9. The summed E-state index contributed by atoms with van der Waals surface area (Å²) in [5.41, 5.74) is 3.90. The van der Waals surface area contributed by atoms with Gasteiger partial charge in [0, 0.05) is 52.7 Å². The topological polar surface area (TPSA) is 120 Å². The quantitative estimate of drug-likeness (QED) is 0.263. The zero-order valence-electron chi connectivity index (χ0n) is 24.1. The summed E-state index contributed by atoms with van der Waals surface area (Å²) in [5, 5.41) is 20.8. The van der Waals surface area contributed by atoms with Gasteiger partial charge in [-0.25, -0.2) is 4.98 Å². The Morgan fingerprint density at radius 1 is 1.12 bits per heavy atom. The molecule has 2 aliphatic rings. The molecule has 2 aromatic heterocycles. The van der Waals surface area contributed by atoms with E-state index in [9.17, 15) is 14.7 Å². The molecule has 222 valence electrons. The number of carbonyl (C=O) groups is 2. The number of benzene rings is 2. The largest absolute Gasteiger partial charge is 0.389 e. The second-order valence-corrected chi connectivity index (χ2v) is 12.2. The van der Waals surface area contributed by atoms with Gasteiger partial charge < -0.3 is 20.6 Å². The Morgan fingerprint density at radius 3 is 2.67 bits per heavy atom. The molecule has 2 aromatic carbocycles. The summed E-state index contributed by atoms with van der Waals surface area (Å²) in [7, 11) is 0. The number of nitrogens with one attached hydrogen (secondary N) is 2. The summed E-state index contributed by atoms with van der Waals surface area (Å²) in [6.45, 7) is 3.43. The van der Waals surface area contributed by atoms with Crippen molar-refractivity contribution in [2.75, 3.05) is 13.1 Å². The third kappa shape index (κ3) is 6.66. The molecule has 6 rings (SSSR count). The zero-order chi connectivity index (χ0) is 29.8. The molecular weight excluding hydrogens is 560 g/mol. The van der Waals surface area contributed by atoms with E-state index in [2.05, 4.69) is 25.6 Å². The number of thiazole rings is 1. The highest BCUT2D eigenvalue weighted by molar-refractivity contribution is 7.09. The highest BCUT2D eigenvalue weighted by Gasteiger charge is 2.34. The molecular formula is C33H36N6O3S. The number of hydrogen-bond donors (Lipinski definition) is 3. The van der Waals surface area contributed by atoms with Gasteiger partial charge in [0.05, 0.1) is 30.1 Å². The van der Waals surface area contributed by atoms with Crippen molar-refractivity contribution in [1.29, 1.82) is 0 Å². The van der Waals surface area contributed by atoms with E-state index in [-0.39, 0.29) is 23.9 Å². The maximum absolute atomic E-state index is 14.0. The molecule has 2 saturated heterocycles. The minimum absolute atomic E-state index is 0.0899. The van der Waals surface area contributed by atoms with Crippen LogP contribution < -0.4 is 10.6 Å². The lowest BCUT2D eigenvalue weighted by atomic mass is 9.94. The third-order valence-electron chi connectivity index (χ3n) is 8.27. The molecule has 0 bridgehead atoms. The number of carbonyl (C=O) groups excluding carboxylic acids is 2. The van der Waals surface area contributed by atoms with Crippen LogP contribution in [0.3, 0.4) is 0 Å². The SMILES string of the molecule is Cc1csc([C@H]2CCCN2C(=O)c2cc(C(=O)N[C@@H](Cc3ccccc3)[C@H](O)[C@H]3CCCN3)cc(-c3cnccn3)c2)n1. The fraction of sp³-hybridized carbons (Fsp3) is 0.364. The average molecular weight is 597 g/mol. The molecule has 0 radical (unpaired) electrons. The van der Waals surface area contributed by atoms with E-state index in [0.717, 1.165) is 48.5 Å². The van der Waals surface area contributed by atoms with Crippen molar-refractivity contribution in [3.8, 4) is 11.3 Å². The van der Waals surface area contributed by atoms with Crippen LogP contribution in [0.4, 0.5) is 0 Å². The number of amides is 2. The Kier molecular flexibility index (Phi) is 8.87. The molecule has 4 heterocycles. The second kappa shape index (κ2) is 13.1. The summed E-state index contributed by atoms with van der Waals surface area (Å²) in [6.07, 6.45) is 8.07.